The molecule has 0 spiro atoms. The predicted octanol–water partition coefficient (Wildman–Crippen LogP) is 7.31. The zero-order chi connectivity index (χ0) is 21.1. The van der Waals surface area contributed by atoms with E-state index in [2.05, 4.69) is 97.1 Å². The van der Waals surface area contributed by atoms with Gasteiger partial charge in [0.2, 0.25) is 0 Å². The van der Waals surface area contributed by atoms with Gasteiger partial charge >= 0.3 is 0 Å². The molecular weight excluding hydrogens is 384 g/mol. The average Bonchev–Trinajstić information content (AvgIpc) is 3.56. The number of hydrogen-bond donors (Lipinski definition) is 0. The summed E-state index contributed by atoms with van der Waals surface area (Å²) in [6.45, 7) is 0. The van der Waals surface area contributed by atoms with Crippen LogP contribution in [0.15, 0.2) is 103 Å². The van der Waals surface area contributed by atoms with Gasteiger partial charge < -0.3 is 0 Å². The van der Waals surface area contributed by atoms with Gasteiger partial charge in [0.15, 0.2) is 0 Å². The average molecular weight is 409 g/mol. The molecule has 152 valence electrons. The second-order valence-corrected chi connectivity index (χ2v) is 9.27. The molecule has 4 aliphatic carbocycles. The van der Waals surface area contributed by atoms with E-state index in [1.54, 1.807) is 16.7 Å². The molecule has 4 aliphatic rings. The Kier molecular flexibility index (Phi) is 3.90. The summed E-state index contributed by atoms with van der Waals surface area (Å²) >= 11 is 0. The summed E-state index contributed by atoms with van der Waals surface area (Å²) in [4.78, 5) is 0. The molecule has 0 atom stereocenters. The first-order valence-corrected chi connectivity index (χ1v) is 11.6. The third-order valence-electron chi connectivity index (χ3n) is 7.52. The Bertz CT molecular complexity index is 1350. The van der Waals surface area contributed by atoms with Gasteiger partial charge in [0, 0.05) is 0 Å². The summed E-state index contributed by atoms with van der Waals surface area (Å²) < 4.78 is 0. The summed E-state index contributed by atoms with van der Waals surface area (Å²) in [6.07, 6.45) is 4.56. The van der Waals surface area contributed by atoms with Crippen molar-refractivity contribution in [1.29, 1.82) is 0 Å². The van der Waals surface area contributed by atoms with Crippen LogP contribution in [0.5, 0.6) is 0 Å². The fraction of sp³-hybridized carbons (Fsp3) is 0.125. The van der Waals surface area contributed by atoms with E-state index in [9.17, 15) is 0 Å². The Labute approximate surface area is 189 Å². The largest absolute Gasteiger partial charge is 0.0619 e. The fourth-order valence-corrected chi connectivity index (χ4v) is 6.11. The minimum atomic E-state index is 1.13. The summed E-state index contributed by atoms with van der Waals surface area (Å²) in [5, 5.41) is 0. The molecule has 0 bridgehead atoms. The maximum atomic E-state index is 2.27. The molecule has 0 amide bonds. The van der Waals surface area contributed by atoms with Gasteiger partial charge in [0.1, 0.15) is 0 Å². The SMILES string of the molecule is c1ccc2c(c1)CC1=C2Cc2ccccc21.c1ccc2c(c1)CC1=C2c2ccccc2C1. The third kappa shape index (κ3) is 2.63. The Morgan fingerprint density at radius 1 is 0.344 bits per heavy atom. The van der Waals surface area contributed by atoms with E-state index in [1.807, 2.05) is 0 Å². The molecule has 0 saturated heterocycles. The lowest BCUT2D eigenvalue weighted by molar-refractivity contribution is 1.09. The van der Waals surface area contributed by atoms with Gasteiger partial charge in [-0.2, -0.15) is 0 Å². The first-order chi connectivity index (χ1) is 15.9. The molecular formula is C32H24. The van der Waals surface area contributed by atoms with Gasteiger partial charge in [-0.1, -0.05) is 103 Å². The van der Waals surface area contributed by atoms with Crippen LogP contribution >= 0.6 is 0 Å². The molecule has 4 aromatic rings. The van der Waals surface area contributed by atoms with E-state index >= 15 is 0 Å². The van der Waals surface area contributed by atoms with Crippen molar-refractivity contribution >= 4 is 16.7 Å². The molecule has 8 rings (SSSR count). The van der Waals surface area contributed by atoms with Crippen LogP contribution in [-0.2, 0) is 25.7 Å². The van der Waals surface area contributed by atoms with Crippen LogP contribution in [0.1, 0.15) is 44.5 Å². The van der Waals surface area contributed by atoms with E-state index in [0.717, 1.165) is 25.7 Å². The molecule has 32 heavy (non-hydrogen) atoms. The summed E-state index contributed by atoms with van der Waals surface area (Å²) in [5.74, 6) is 0. The molecule has 0 aliphatic heterocycles. The molecule has 0 aromatic heterocycles. The van der Waals surface area contributed by atoms with E-state index in [-0.39, 0.29) is 0 Å². The number of benzene rings is 4. The first-order valence-electron chi connectivity index (χ1n) is 11.6. The second-order valence-electron chi connectivity index (χ2n) is 9.27. The molecule has 4 aromatic carbocycles. The van der Waals surface area contributed by atoms with Crippen molar-refractivity contribution in [2.75, 3.05) is 0 Å². The van der Waals surface area contributed by atoms with Crippen molar-refractivity contribution in [3.8, 4) is 0 Å². The van der Waals surface area contributed by atoms with Gasteiger partial charge in [-0.3, -0.25) is 0 Å². The monoisotopic (exact) mass is 408 g/mol. The minimum Gasteiger partial charge on any atom is -0.0619 e. The smallest absolute Gasteiger partial charge is 0.00106 e. The topological polar surface area (TPSA) is 0 Å². The van der Waals surface area contributed by atoms with Crippen LogP contribution < -0.4 is 0 Å². The van der Waals surface area contributed by atoms with Crippen LogP contribution in [0.25, 0.3) is 16.7 Å². The van der Waals surface area contributed by atoms with Crippen molar-refractivity contribution < 1.29 is 0 Å². The molecule has 0 saturated carbocycles. The van der Waals surface area contributed by atoms with E-state index < -0.39 is 0 Å². The van der Waals surface area contributed by atoms with Gasteiger partial charge in [-0.25, -0.2) is 0 Å². The molecule has 0 N–H and O–H groups in total. The fourth-order valence-electron chi connectivity index (χ4n) is 6.11. The maximum absolute atomic E-state index is 2.27. The van der Waals surface area contributed by atoms with E-state index in [1.165, 1.54) is 50.1 Å². The van der Waals surface area contributed by atoms with Crippen molar-refractivity contribution in [3.63, 3.8) is 0 Å². The molecule has 0 fully saturated rings. The maximum Gasteiger partial charge on any atom is -0.00106 e. The quantitative estimate of drug-likeness (QED) is 0.286. The van der Waals surface area contributed by atoms with Crippen molar-refractivity contribution in [2.24, 2.45) is 0 Å². The Hall–Kier alpha value is -3.64. The van der Waals surface area contributed by atoms with Crippen LogP contribution in [0.4, 0.5) is 0 Å². The minimum absolute atomic E-state index is 1.13. The number of hydrogen-bond acceptors (Lipinski definition) is 0. The highest BCUT2D eigenvalue weighted by Crippen LogP contribution is 2.46. The standard InChI is InChI=1S/2C16H12/c1-3-7-14-11(5-1)9-13-10-12-6-2-4-8-15(12)16(13)14;1-3-7-13-11(5-1)9-15-14-8-4-2-6-12(14)10-16(13)15/h2*1-8H,9-10H2. The zero-order valence-electron chi connectivity index (χ0n) is 18.1. The highest BCUT2D eigenvalue weighted by atomic mass is 14.3. The lowest BCUT2D eigenvalue weighted by Crippen LogP contribution is -1.91. The lowest BCUT2D eigenvalue weighted by atomic mass is 9.98. The Balaban J connectivity index is 0.000000113. The normalized spacial score (nSPS) is 16.0. The van der Waals surface area contributed by atoms with Crippen molar-refractivity contribution in [3.05, 3.63) is 147 Å². The summed E-state index contributed by atoms with van der Waals surface area (Å²) in [5.41, 5.74) is 18.2. The lowest BCUT2D eigenvalue weighted by Gasteiger charge is -2.06. The van der Waals surface area contributed by atoms with Gasteiger partial charge in [0.05, 0.1) is 0 Å². The molecule has 0 heterocycles. The van der Waals surface area contributed by atoms with Gasteiger partial charge in [-0.15, -0.1) is 0 Å². The van der Waals surface area contributed by atoms with E-state index in [4.69, 9.17) is 0 Å². The highest BCUT2D eigenvalue weighted by Gasteiger charge is 2.29. The molecule has 0 nitrogen and oxygen atoms in total. The Morgan fingerprint density at radius 2 is 0.688 bits per heavy atom. The molecule has 0 unspecified atom stereocenters. The van der Waals surface area contributed by atoms with Gasteiger partial charge in [-0.05, 0) is 86.9 Å². The zero-order valence-corrected chi connectivity index (χ0v) is 18.1. The number of rotatable bonds is 0. The number of fused-ring (bicyclic) bond motifs is 8. The van der Waals surface area contributed by atoms with Crippen LogP contribution in [0.3, 0.4) is 0 Å². The van der Waals surface area contributed by atoms with E-state index in [0.29, 0.717) is 0 Å². The highest BCUT2D eigenvalue weighted by molar-refractivity contribution is 6.02. The van der Waals surface area contributed by atoms with Crippen molar-refractivity contribution in [1.82, 2.24) is 0 Å². The Morgan fingerprint density at radius 3 is 1.12 bits per heavy atom. The second kappa shape index (κ2) is 6.93. The molecule has 0 radical (unpaired) electrons. The first kappa shape index (κ1) is 18.0. The predicted molar refractivity (Wildman–Crippen MR) is 133 cm³/mol. The van der Waals surface area contributed by atoms with Crippen LogP contribution in [0.2, 0.25) is 0 Å². The van der Waals surface area contributed by atoms with Crippen molar-refractivity contribution in [2.45, 2.75) is 25.7 Å². The summed E-state index contributed by atoms with van der Waals surface area (Å²) in [6, 6.07) is 35.3. The molecule has 0 heteroatoms. The third-order valence-corrected chi connectivity index (χ3v) is 7.52. The number of allylic oxidation sites excluding steroid dienone is 3. The van der Waals surface area contributed by atoms with Gasteiger partial charge in [0.25, 0.3) is 0 Å². The van der Waals surface area contributed by atoms with Crippen LogP contribution in [0, 0.1) is 0 Å². The van der Waals surface area contributed by atoms with Crippen LogP contribution in [-0.4, -0.2) is 0 Å². The summed E-state index contributed by atoms with van der Waals surface area (Å²) in [7, 11) is 0.